The molecule has 1 heterocycles. The number of carbonyl (C=O) groups is 1. The Balaban J connectivity index is 2.46. The van der Waals surface area contributed by atoms with Gasteiger partial charge in [-0.05, 0) is 25.0 Å². The first kappa shape index (κ1) is 14.8. The zero-order valence-electron chi connectivity index (χ0n) is 11.8. The fraction of sp³-hybridized carbons (Fsp3) is 0.333. The molecule has 0 fully saturated rings. The van der Waals surface area contributed by atoms with Crippen LogP contribution < -0.4 is 0 Å². The van der Waals surface area contributed by atoms with Crippen molar-refractivity contribution in [2.75, 3.05) is 13.7 Å². The summed E-state index contributed by atoms with van der Waals surface area (Å²) in [6.07, 6.45) is 1.50. The maximum atomic E-state index is 12.8. The van der Waals surface area contributed by atoms with Gasteiger partial charge in [0.25, 0.3) is 0 Å². The molecule has 0 saturated heterocycles. The van der Waals surface area contributed by atoms with Gasteiger partial charge in [-0.2, -0.15) is 5.10 Å². The highest BCUT2D eigenvalue weighted by atomic mass is 35.5. The van der Waals surface area contributed by atoms with Gasteiger partial charge in [-0.15, -0.1) is 0 Å². The number of nitrogens with zero attached hydrogens (tertiary/aromatic N) is 2. The minimum absolute atomic E-state index is 0.0980. The summed E-state index contributed by atoms with van der Waals surface area (Å²) in [6.45, 7) is 4.81. The lowest BCUT2D eigenvalue weighted by molar-refractivity contribution is 0.102. The molecule has 0 spiro atoms. The van der Waals surface area contributed by atoms with Gasteiger partial charge < -0.3 is 4.74 Å². The van der Waals surface area contributed by atoms with Crippen molar-refractivity contribution in [3.63, 3.8) is 0 Å². The van der Waals surface area contributed by atoms with Crippen molar-refractivity contribution in [1.82, 2.24) is 9.78 Å². The van der Waals surface area contributed by atoms with Crippen molar-refractivity contribution < 1.29 is 9.53 Å². The van der Waals surface area contributed by atoms with Crippen LogP contribution in [-0.2, 0) is 11.3 Å². The first-order chi connectivity index (χ1) is 9.56. The molecule has 0 aliphatic heterocycles. The standard InChI is InChI=1S/C15H17ClN2O2/c1-10-5-4-6-11(2)13(10)15(19)14-12(16)9-17-18(14)7-8-20-3/h4-6,9H,7-8H2,1-3H3. The van der Waals surface area contributed by atoms with Crippen LogP contribution in [0.4, 0.5) is 0 Å². The molecular formula is C15H17ClN2O2. The lowest BCUT2D eigenvalue weighted by atomic mass is 9.97. The summed E-state index contributed by atoms with van der Waals surface area (Å²) in [5, 5.41) is 4.51. The van der Waals surface area contributed by atoms with Gasteiger partial charge in [0.1, 0.15) is 5.69 Å². The zero-order chi connectivity index (χ0) is 14.7. The lowest BCUT2D eigenvalue weighted by Crippen LogP contribution is -2.16. The molecule has 2 aromatic rings. The van der Waals surface area contributed by atoms with E-state index in [1.54, 1.807) is 11.8 Å². The average Bonchev–Trinajstić information content (AvgIpc) is 2.77. The molecule has 0 saturated carbocycles. The monoisotopic (exact) mass is 292 g/mol. The van der Waals surface area contributed by atoms with Gasteiger partial charge >= 0.3 is 0 Å². The highest BCUT2D eigenvalue weighted by molar-refractivity contribution is 6.34. The smallest absolute Gasteiger partial charge is 0.213 e. The van der Waals surface area contributed by atoms with Crippen LogP contribution >= 0.6 is 11.6 Å². The number of aryl methyl sites for hydroxylation is 2. The summed E-state index contributed by atoms with van der Waals surface area (Å²) >= 11 is 6.13. The SMILES string of the molecule is COCCn1ncc(Cl)c1C(=O)c1c(C)cccc1C. The molecule has 0 aliphatic carbocycles. The van der Waals surface area contributed by atoms with Crippen molar-refractivity contribution in [3.05, 3.63) is 51.8 Å². The summed E-state index contributed by atoms with van der Waals surface area (Å²) < 4.78 is 6.62. The van der Waals surface area contributed by atoms with Gasteiger partial charge in [0.05, 0.1) is 24.4 Å². The number of halogens is 1. The molecule has 0 aliphatic rings. The van der Waals surface area contributed by atoms with Crippen molar-refractivity contribution in [3.8, 4) is 0 Å². The van der Waals surface area contributed by atoms with Crippen LogP contribution in [0.5, 0.6) is 0 Å². The van der Waals surface area contributed by atoms with Crippen LogP contribution in [0.15, 0.2) is 24.4 Å². The molecular weight excluding hydrogens is 276 g/mol. The van der Waals surface area contributed by atoms with Crippen molar-refractivity contribution in [1.29, 1.82) is 0 Å². The van der Waals surface area contributed by atoms with Crippen molar-refractivity contribution in [2.24, 2.45) is 0 Å². The predicted molar refractivity (Wildman–Crippen MR) is 78.5 cm³/mol. The summed E-state index contributed by atoms with van der Waals surface area (Å²) in [6, 6.07) is 5.78. The van der Waals surface area contributed by atoms with E-state index in [-0.39, 0.29) is 5.78 Å². The molecule has 106 valence electrons. The minimum atomic E-state index is -0.0980. The third-order valence-corrected chi connectivity index (χ3v) is 3.50. The van der Waals surface area contributed by atoms with Gasteiger partial charge in [-0.25, -0.2) is 0 Å². The third kappa shape index (κ3) is 2.76. The van der Waals surface area contributed by atoms with Crippen LogP contribution in [0.1, 0.15) is 27.2 Å². The summed E-state index contributed by atoms with van der Waals surface area (Å²) in [4.78, 5) is 12.8. The number of ketones is 1. The number of hydrogen-bond donors (Lipinski definition) is 0. The molecule has 0 atom stereocenters. The third-order valence-electron chi connectivity index (χ3n) is 3.23. The van der Waals surface area contributed by atoms with E-state index in [1.165, 1.54) is 6.20 Å². The lowest BCUT2D eigenvalue weighted by Gasteiger charge is -2.11. The normalized spacial score (nSPS) is 10.8. The molecule has 2 rings (SSSR count). The van der Waals surface area contributed by atoms with Crippen LogP contribution in [0.25, 0.3) is 0 Å². The Bertz CT molecular complexity index is 615. The number of carbonyl (C=O) groups excluding carboxylic acids is 1. The second kappa shape index (κ2) is 6.20. The predicted octanol–water partition coefficient (Wildman–Crippen LogP) is 3.03. The van der Waals surface area contributed by atoms with E-state index >= 15 is 0 Å². The summed E-state index contributed by atoms with van der Waals surface area (Å²) in [5.41, 5.74) is 2.98. The Kier molecular flexibility index (Phi) is 4.57. The number of aromatic nitrogens is 2. The molecule has 0 unspecified atom stereocenters. The Morgan fingerprint density at radius 2 is 2.00 bits per heavy atom. The van der Waals surface area contributed by atoms with Crippen molar-refractivity contribution in [2.45, 2.75) is 20.4 Å². The molecule has 0 N–H and O–H groups in total. The van der Waals surface area contributed by atoms with Gasteiger partial charge in [0, 0.05) is 12.7 Å². The Morgan fingerprint density at radius 1 is 1.35 bits per heavy atom. The van der Waals surface area contributed by atoms with Gasteiger partial charge in [0.2, 0.25) is 5.78 Å². The quantitative estimate of drug-likeness (QED) is 0.796. The largest absolute Gasteiger partial charge is 0.383 e. The van der Waals surface area contributed by atoms with E-state index in [2.05, 4.69) is 5.10 Å². The molecule has 5 heteroatoms. The Morgan fingerprint density at radius 3 is 2.60 bits per heavy atom. The molecule has 0 radical (unpaired) electrons. The topological polar surface area (TPSA) is 44.1 Å². The van der Waals surface area contributed by atoms with Gasteiger partial charge in [-0.3, -0.25) is 9.48 Å². The highest BCUT2D eigenvalue weighted by Crippen LogP contribution is 2.23. The van der Waals surface area contributed by atoms with Crippen LogP contribution in [0, 0.1) is 13.8 Å². The summed E-state index contributed by atoms with van der Waals surface area (Å²) in [5.74, 6) is -0.0980. The maximum absolute atomic E-state index is 12.8. The number of methoxy groups -OCH3 is 1. The van der Waals surface area contributed by atoms with E-state index < -0.39 is 0 Å². The first-order valence-corrected chi connectivity index (χ1v) is 6.75. The van der Waals surface area contributed by atoms with Crippen molar-refractivity contribution >= 4 is 17.4 Å². The number of benzene rings is 1. The van der Waals surface area contributed by atoms with E-state index in [1.807, 2.05) is 32.0 Å². The first-order valence-electron chi connectivity index (χ1n) is 6.37. The minimum Gasteiger partial charge on any atom is -0.383 e. The zero-order valence-corrected chi connectivity index (χ0v) is 12.6. The second-order valence-corrected chi connectivity index (χ2v) is 5.06. The fourth-order valence-corrected chi connectivity index (χ4v) is 2.45. The molecule has 1 aromatic carbocycles. The molecule has 1 aromatic heterocycles. The van der Waals surface area contributed by atoms with Crippen LogP contribution in [0.3, 0.4) is 0 Å². The Labute approximate surface area is 123 Å². The second-order valence-electron chi connectivity index (χ2n) is 4.65. The molecule has 4 nitrogen and oxygen atoms in total. The number of ether oxygens (including phenoxy) is 1. The fourth-order valence-electron chi connectivity index (χ4n) is 2.23. The summed E-state index contributed by atoms with van der Waals surface area (Å²) in [7, 11) is 1.61. The molecule has 0 amide bonds. The van der Waals surface area contributed by atoms with Gasteiger partial charge in [-0.1, -0.05) is 29.8 Å². The maximum Gasteiger partial charge on any atom is 0.213 e. The molecule has 20 heavy (non-hydrogen) atoms. The van der Waals surface area contributed by atoms with Crippen LogP contribution in [0.2, 0.25) is 5.02 Å². The van der Waals surface area contributed by atoms with Crippen LogP contribution in [-0.4, -0.2) is 29.3 Å². The van der Waals surface area contributed by atoms with E-state index in [0.29, 0.717) is 29.4 Å². The average molecular weight is 293 g/mol. The van der Waals surface area contributed by atoms with E-state index in [0.717, 1.165) is 11.1 Å². The highest BCUT2D eigenvalue weighted by Gasteiger charge is 2.21. The molecule has 0 bridgehead atoms. The van der Waals surface area contributed by atoms with E-state index in [4.69, 9.17) is 16.3 Å². The Hall–Kier alpha value is -1.65. The number of hydrogen-bond acceptors (Lipinski definition) is 3. The van der Waals surface area contributed by atoms with E-state index in [9.17, 15) is 4.79 Å². The number of rotatable bonds is 5. The van der Waals surface area contributed by atoms with Gasteiger partial charge in [0.15, 0.2) is 0 Å².